The number of hydrogen-bond donors (Lipinski definition) is 0. The van der Waals surface area contributed by atoms with Crippen LogP contribution in [0, 0.1) is 24.7 Å². The second-order valence-electron chi connectivity index (χ2n) is 13.1. The Morgan fingerprint density at radius 1 is 0.973 bits per heavy atom. The maximum Gasteiger partial charge on any atom is 0.414 e. The molecule has 5 heteroatoms. The third-order valence-corrected chi connectivity index (χ3v) is 16.7. The Labute approximate surface area is 227 Å². The molecular weight excluding hydrogens is 474 g/mol. The fourth-order valence-electron chi connectivity index (χ4n) is 7.81. The van der Waals surface area contributed by atoms with Crippen molar-refractivity contribution in [1.29, 1.82) is 0 Å². The molecule has 1 saturated carbocycles. The molecule has 1 aliphatic heterocycles. The zero-order chi connectivity index (χ0) is 27.7. The largest absolute Gasteiger partial charge is 0.446 e. The normalized spacial score (nSPS) is 25.3. The van der Waals surface area contributed by atoms with Gasteiger partial charge in [-0.25, -0.2) is 4.79 Å². The molecule has 3 rings (SSSR count). The lowest BCUT2D eigenvalue weighted by molar-refractivity contribution is -0.116. The van der Waals surface area contributed by atoms with Crippen molar-refractivity contribution >= 4 is 20.0 Å². The molecule has 1 amide bonds. The van der Waals surface area contributed by atoms with Crippen molar-refractivity contribution in [2.45, 2.75) is 124 Å². The van der Waals surface area contributed by atoms with E-state index in [0.717, 1.165) is 29.2 Å². The number of nitrogens with zero attached hydrogens (tertiary/aromatic N) is 1. The number of hydrogen-bond acceptors (Lipinski definition) is 3. The molecule has 0 spiro atoms. The van der Waals surface area contributed by atoms with Crippen LogP contribution in [0.2, 0.25) is 16.6 Å². The second-order valence-corrected chi connectivity index (χ2v) is 19.0. The summed E-state index contributed by atoms with van der Waals surface area (Å²) in [5.41, 5.74) is 3.30. The molecule has 1 aromatic carbocycles. The third kappa shape index (κ3) is 5.77. The number of allylic oxidation sites excluding steroid dienone is 1. The van der Waals surface area contributed by atoms with Crippen LogP contribution in [-0.2, 0) is 9.53 Å². The van der Waals surface area contributed by atoms with Gasteiger partial charge in [-0.15, -0.1) is 0 Å². The highest BCUT2D eigenvalue weighted by molar-refractivity contribution is 6.93. The minimum atomic E-state index is -2.25. The summed E-state index contributed by atoms with van der Waals surface area (Å²) in [7, 11) is -2.25. The number of Topliss-reactive ketones (excluding diaryl/α,β-unsaturated/α-hetero) is 1. The van der Waals surface area contributed by atoms with Crippen molar-refractivity contribution in [3.8, 4) is 0 Å². The van der Waals surface area contributed by atoms with Gasteiger partial charge in [-0.05, 0) is 70.5 Å². The predicted octanol–water partition coefficient (Wildman–Crippen LogP) is 9.01. The van der Waals surface area contributed by atoms with E-state index >= 15 is 0 Å². The Morgan fingerprint density at radius 2 is 1.57 bits per heavy atom. The van der Waals surface area contributed by atoms with Crippen LogP contribution < -0.4 is 0 Å². The summed E-state index contributed by atoms with van der Waals surface area (Å²) in [5.74, 6) is 1.61. The van der Waals surface area contributed by atoms with Gasteiger partial charge in [-0.2, -0.15) is 0 Å². The lowest BCUT2D eigenvalue weighted by atomic mass is 9.75. The van der Waals surface area contributed by atoms with E-state index < -0.39 is 8.07 Å². The van der Waals surface area contributed by atoms with E-state index in [0.29, 0.717) is 40.8 Å². The number of ketones is 1. The van der Waals surface area contributed by atoms with Crippen molar-refractivity contribution in [2.24, 2.45) is 17.8 Å². The lowest BCUT2D eigenvalue weighted by Gasteiger charge is -2.47. The molecular formula is C32H51NO3Si. The van der Waals surface area contributed by atoms with E-state index in [1.54, 1.807) is 0 Å². The number of aryl methyl sites for hydroxylation is 1. The fourth-order valence-corrected chi connectivity index (χ4v) is 14.6. The average Bonchev–Trinajstić information content (AvgIpc) is 2.79. The van der Waals surface area contributed by atoms with E-state index in [1.807, 2.05) is 23.2 Å². The van der Waals surface area contributed by atoms with Gasteiger partial charge in [0.25, 0.3) is 0 Å². The van der Waals surface area contributed by atoms with Gasteiger partial charge in [-0.1, -0.05) is 93.0 Å². The molecule has 1 fully saturated rings. The fraction of sp³-hybridized carbons (Fsp3) is 0.688. The Bertz CT molecular complexity index is 974. The van der Waals surface area contributed by atoms with Crippen LogP contribution in [0.5, 0.6) is 0 Å². The van der Waals surface area contributed by atoms with Gasteiger partial charge in [0, 0.05) is 12.6 Å². The van der Waals surface area contributed by atoms with Gasteiger partial charge in [-0.3, -0.25) is 9.69 Å². The van der Waals surface area contributed by atoms with E-state index in [2.05, 4.69) is 81.4 Å². The summed E-state index contributed by atoms with van der Waals surface area (Å²) in [5, 5.41) is 0.923. The van der Waals surface area contributed by atoms with E-state index in [-0.39, 0.29) is 24.0 Å². The van der Waals surface area contributed by atoms with Crippen molar-refractivity contribution in [3.63, 3.8) is 0 Å². The van der Waals surface area contributed by atoms with Gasteiger partial charge in [0.1, 0.15) is 14.2 Å². The summed E-state index contributed by atoms with van der Waals surface area (Å²) in [4.78, 5) is 29.9. The first kappa shape index (κ1) is 29.7. The Morgan fingerprint density at radius 3 is 2.11 bits per heavy atom. The van der Waals surface area contributed by atoms with Crippen molar-refractivity contribution in [2.75, 3.05) is 0 Å². The van der Waals surface area contributed by atoms with Crippen LogP contribution in [-0.4, -0.2) is 31.0 Å². The highest BCUT2D eigenvalue weighted by atomic mass is 28.3. The van der Waals surface area contributed by atoms with Gasteiger partial charge in [0.05, 0.1) is 6.04 Å². The van der Waals surface area contributed by atoms with E-state index in [4.69, 9.17) is 4.74 Å². The third-order valence-electron chi connectivity index (χ3n) is 9.59. The summed E-state index contributed by atoms with van der Waals surface area (Å²) in [6.07, 6.45) is 5.11. The molecule has 4 atom stereocenters. The van der Waals surface area contributed by atoms with Crippen molar-refractivity contribution in [1.82, 2.24) is 4.90 Å². The van der Waals surface area contributed by atoms with Crippen LogP contribution in [0.1, 0.15) is 105 Å². The molecule has 37 heavy (non-hydrogen) atoms. The molecule has 0 saturated heterocycles. The maximum atomic E-state index is 14.1. The van der Waals surface area contributed by atoms with Crippen molar-refractivity contribution < 1.29 is 14.3 Å². The molecule has 1 aromatic rings. The smallest absolute Gasteiger partial charge is 0.414 e. The summed E-state index contributed by atoms with van der Waals surface area (Å²) >= 11 is 0. The van der Waals surface area contributed by atoms with Gasteiger partial charge in [0.2, 0.25) is 0 Å². The van der Waals surface area contributed by atoms with E-state index in [9.17, 15) is 9.59 Å². The standard InChI is InChI=1S/C32H51NO3Si/c1-20(2)26-16-15-24(9)17-30(26)36-32(35)33-19-31(37(21(3)4,22(5)6)23(7)8)29(34)18-28(33)27-14-12-11-13-25(27)10/h11-14,19-24,26,28,30H,15-18H2,1-10H3/t24-,26+,28+,30-/m1/s1. The molecule has 4 nitrogen and oxygen atoms in total. The van der Waals surface area contributed by atoms with Gasteiger partial charge in [0.15, 0.2) is 5.78 Å². The first-order valence-electron chi connectivity index (χ1n) is 14.6. The second kappa shape index (κ2) is 11.9. The molecule has 0 bridgehead atoms. The van der Waals surface area contributed by atoms with Crippen LogP contribution in [0.3, 0.4) is 0 Å². The first-order valence-corrected chi connectivity index (χ1v) is 16.8. The zero-order valence-electron chi connectivity index (χ0n) is 25.0. The van der Waals surface area contributed by atoms with Crippen molar-refractivity contribution in [3.05, 3.63) is 46.8 Å². The monoisotopic (exact) mass is 525 g/mol. The lowest BCUT2D eigenvalue weighted by Crippen LogP contribution is -2.52. The minimum Gasteiger partial charge on any atom is -0.446 e. The molecule has 0 N–H and O–H groups in total. The number of benzene rings is 1. The van der Waals surface area contributed by atoms with Crippen LogP contribution >= 0.6 is 0 Å². The number of rotatable bonds is 7. The summed E-state index contributed by atoms with van der Waals surface area (Å²) in [6, 6.07) is 7.81. The molecule has 2 aliphatic rings. The number of carbonyl (C=O) groups excluding carboxylic acids is 2. The first-order chi connectivity index (χ1) is 17.3. The Kier molecular flexibility index (Phi) is 9.53. The average molecular weight is 526 g/mol. The predicted molar refractivity (Wildman–Crippen MR) is 156 cm³/mol. The van der Waals surface area contributed by atoms with Gasteiger partial charge >= 0.3 is 6.09 Å². The molecule has 0 unspecified atom stereocenters. The quantitative estimate of drug-likeness (QED) is 0.334. The number of carbonyl (C=O) groups is 2. The minimum absolute atomic E-state index is 0.0782. The summed E-state index contributed by atoms with van der Waals surface area (Å²) in [6.45, 7) is 22.4. The Hall–Kier alpha value is -1.88. The Balaban J connectivity index is 2.11. The van der Waals surface area contributed by atoms with E-state index in [1.165, 1.54) is 6.42 Å². The van der Waals surface area contributed by atoms with Crippen LogP contribution in [0.4, 0.5) is 4.79 Å². The zero-order valence-corrected chi connectivity index (χ0v) is 26.0. The SMILES string of the molecule is Cc1ccccc1[C@@H]1CC(=O)C([Si](C(C)C)(C(C)C)C(C)C)=CN1C(=O)O[C@@H]1C[C@H](C)CC[C@H]1C(C)C. The van der Waals surface area contributed by atoms with Crippen LogP contribution in [0.25, 0.3) is 0 Å². The molecule has 0 aromatic heterocycles. The molecule has 1 heterocycles. The maximum absolute atomic E-state index is 14.1. The topological polar surface area (TPSA) is 46.6 Å². The molecule has 206 valence electrons. The van der Waals surface area contributed by atoms with Crippen LogP contribution in [0.15, 0.2) is 35.7 Å². The summed E-state index contributed by atoms with van der Waals surface area (Å²) < 4.78 is 6.39. The number of amides is 1. The highest BCUT2D eigenvalue weighted by Gasteiger charge is 2.51. The number of ether oxygens (including phenoxy) is 1. The highest BCUT2D eigenvalue weighted by Crippen LogP contribution is 2.49. The molecule has 0 radical (unpaired) electrons. The van der Waals surface area contributed by atoms with Gasteiger partial charge < -0.3 is 4.74 Å². The molecule has 1 aliphatic carbocycles.